The van der Waals surface area contributed by atoms with Crippen molar-refractivity contribution in [3.05, 3.63) is 12.2 Å². The molecule has 60 heavy (non-hydrogen) atoms. The summed E-state index contributed by atoms with van der Waals surface area (Å²) in [7, 11) is -12.3. The molecule has 0 spiro atoms. The Bertz CT molecular complexity index is 1370. The van der Waals surface area contributed by atoms with Crippen LogP contribution in [0.4, 0.5) is 0 Å². The Morgan fingerprint density at radius 3 is 1.52 bits per heavy atom. The average Bonchev–Trinajstić information content (AvgIpc) is 3.08. The first kappa shape index (κ1) is 57.5. The maximum Gasteiger partial charge on any atom is 0.305 e. The molecule has 2 unspecified atom stereocenters. The fourth-order valence-corrected chi connectivity index (χ4v) is 10.7. The molecule has 0 radical (unpaired) electrons. The minimum atomic E-state index is -4.55. The maximum absolute atomic E-state index is 12.6. The summed E-state index contributed by atoms with van der Waals surface area (Å²) in [5, 5.41) is 10.3. The Kier molecular flexibility index (Phi) is 24.3. The number of esters is 1. The number of hydrogen-bond donors (Lipinski definition) is 2. The highest BCUT2D eigenvalue weighted by Gasteiger charge is 2.57. The van der Waals surface area contributed by atoms with E-state index in [0.29, 0.717) is 0 Å². The molecule has 0 aromatic rings. The first-order valence-corrected chi connectivity index (χ1v) is 33.4. The summed E-state index contributed by atoms with van der Waals surface area (Å²) < 4.78 is 75.0. The zero-order valence-corrected chi connectivity index (χ0v) is 44.9. The van der Waals surface area contributed by atoms with Gasteiger partial charge in [0.1, 0.15) is 42.9 Å². The van der Waals surface area contributed by atoms with E-state index in [4.69, 9.17) is 27.5 Å². The van der Waals surface area contributed by atoms with Gasteiger partial charge < -0.3 is 32.6 Å². The third kappa shape index (κ3) is 21.0. The van der Waals surface area contributed by atoms with Crippen molar-refractivity contribution in [2.24, 2.45) is 0 Å². The summed E-state index contributed by atoms with van der Waals surface area (Å²) in [4.78, 5) is 12.6. The highest BCUT2D eigenvalue weighted by atomic mass is 32.2. The van der Waals surface area contributed by atoms with Gasteiger partial charge in [0.25, 0.3) is 10.1 Å². The molecule has 1 aliphatic rings. The first-order chi connectivity index (χ1) is 27.4. The second-order valence-electron chi connectivity index (χ2n) is 21.8. The van der Waals surface area contributed by atoms with E-state index in [2.05, 4.69) is 121 Å². The molecule has 0 amide bonds. The van der Waals surface area contributed by atoms with Crippen LogP contribution >= 0.6 is 0 Å². The molecule has 0 aromatic carbocycles. The van der Waals surface area contributed by atoms with Crippen LogP contribution in [0.25, 0.3) is 0 Å². The predicted molar refractivity (Wildman–Crippen MR) is 254 cm³/mol. The van der Waals surface area contributed by atoms with Crippen molar-refractivity contribution in [1.29, 1.82) is 0 Å². The maximum atomic E-state index is 12.6. The van der Waals surface area contributed by atoms with Gasteiger partial charge in [0.05, 0.1) is 6.61 Å². The molecule has 0 saturated carbocycles. The molecule has 11 nitrogen and oxygen atoms in total. The minimum Gasteiger partial charge on any atom is -0.463 e. The molecular formula is C45H92O11SSi3. The van der Waals surface area contributed by atoms with Crippen LogP contribution in [0.5, 0.6) is 0 Å². The Morgan fingerprint density at radius 2 is 1.07 bits per heavy atom. The van der Waals surface area contributed by atoms with Gasteiger partial charge in [-0.2, -0.15) is 8.42 Å². The predicted octanol–water partition coefficient (Wildman–Crippen LogP) is 11.7. The molecule has 1 saturated heterocycles. The van der Waals surface area contributed by atoms with Gasteiger partial charge in [0.15, 0.2) is 31.2 Å². The number of unbranched alkanes of at least 4 members (excludes halogenated alkanes) is 11. The fourth-order valence-electron chi connectivity index (χ4n) is 6.16. The Hall–Kier alpha value is -0.469. The van der Waals surface area contributed by atoms with Gasteiger partial charge in [-0.1, -0.05) is 133 Å². The van der Waals surface area contributed by atoms with Crippen LogP contribution in [0, 0.1) is 0 Å². The molecule has 0 bridgehead atoms. The molecule has 1 heterocycles. The van der Waals surface area contributed by atoms with Gasteiger partial charge in [-0.05, 0) is 86.5 Å². The van der Waals surface area contributed by atoms with E-state index in [1.54, 1.807) is 0 Å². The second-order valence-corrected chi connectivity index (χ2v) is 37.6. The Morgan fingerprint density at radius 1 is 0.650 bits per heavy atom. The van der Waals surface area contributed by atoms with Gasteiger partial charge >= 0.3 is 5.97 Å². The van der Waals surface area contributed by atoms with Crippen molar-refractivity contribution in [3.8, 4) is 0 Å². The smallest absolute Gasteiger partial charge is 0.305 e. The molecular weight excluding hydrogens is 833 g/mol. The number of ether oxygens (including phenoxy) is 3. The number of carbonyl (C=O) groups is 1. The summed E-state index contributed by atoms with van der Waals surface area (Å²) in [5.74, 6) is -1.12. The van der Waals surface area contributed by atoms with Crippen LogP contribution in [0.3, 0.4) is 0 Å². The van der Waals surface area contributed by atoms with E-state index >= 15 is 0 Å². The number of allylic oxidation sites excluding steroid dienone is 2. The van der Waals surface area contributed by atoms with E-state index in [1.807, 2.05) is 0 Å². The fraction of sp³-hybridized carbons (Fsp3) is 0.933. The van der Waals surface area contributed by atoms with Crippen LogP contribution in [0.1, 0.15) is 159 Å². The lowest BCUT2D eigenvalue weighted by atomic mass is 10.00. The molecule has 0 aromatic heterocycles. The molecule has 15 heteroatoms. The van der Waals surface area contributed by atoms with Gasteiger partial charge in [-0.25, -0.2) is 0 Å². The lowest BCUT2D eigenvalue weighted by Crippen LogP contribution is -2.68. The van der Waals surface area contributed by atoms with E-state index in [0.717, 1.165) is 38.5 Å². The number of aliphatic hydroxyl groups excluding tert-OH is 1. The number of aliphatic hydroxyl groups is 1. The summed E-state index contributed by atoms with van der Waals surface area (Å²) in [6.07, 6.45) is 14.0. The molecule has 1 fully saturated rings. The average molecular weight is 926 g/mol. The third-order valence-electron chi connectivity index (χ3n) is 13.2. The topological polar surface area (TPSA) is 147 Å². The normalized spacial score (nSPS) is 22.1. The van der Waals surface area contributed by atoms with Crippen molar-refractivity contribution in [2.75, 3.05) is 19.0 Å². The lowest BCUT2D eigenvalue weighted by molar-refractivity contribution is -0.288. The van der Waals surface area contributed by atoms with Crippen molar-refractivity contribution in [2.45, 2.75) is 250 Å². The zero-order chi connectivity index (χ0) is 46.2. The first-order valence-electron chi connectivity index (χ1n) is 23.1. The van der Waals surface area contributed by atoms with Crippen molar-refractivity contribution in [1.82, 2.24) is 0 Å². The molecule has 1 aliphatic heterocycles. The highest BCUT2D eigenvalue weighted by Crippen LogP contribution is 2.46. The summed E-state index contributed by atoms with van der Waals surface area (Å²) in [6.45, 7) is 33.4. The summed E-state index contributed by atoms with van der Waals surface area (Å²) in [5.41, 5.74) is 0. The third-order valence-corrected chi connectivity index (χ3v) is 27.4. The van der Waals surface area contributed by atoms with Gasteiger partial charge in [0.2, 0.25) is 0 Å². The van der Waals surface area contributed by atoms with Crippen LogP contribution in [-0.2, 0) is 42.4 Å². The van der Waals surface area contributed by atoms with Crippen LogP contribution < -0.4 is 0 Å². The number of rotatable bonds is 28. The zero-order valence-electron chi connectivity index (χ0n) is 41.1. The van der Waals surface area contributed by atoms with Crippen molar-refractivity contribution < 1.29 is 50.4 Å². The standard InChI is InChI=1S/C45H92O11SSi3/c1-17-18-19-20-21-22-23-24-25-26-27-28-29-30-31-32-38(47)51-33-36(46)34-52-42-41(56-60(15,16)45(8,9)10)40(55-59(13,14)44(5,6)7)39(37(53-42)35-57(48,49)50)54-58(11,12)43(2,3)4/h24-25,36-37,39-42,46H,17-23,26-35H2,1-16H3,(H,48,49,50)/t36?,37-,39-,40+,41-,42?/m1/s1. The molecule has 356 valence electrons. The largest absolute Gasteiger partial charge is 0.463 e. The summed E-state index contributed by atoms with van der Waals surface area (Å²) in [6, 6.07) is 0. The van der Waals surface area contributed by atoms with Crippen LogP contribution in [-0.4, -0.2) is 105 Å². The van der Waals surface area contributed by atoms with Crippen molar-refractivity contribution >= 4 is 41.0 Å². The van der Waals surface area contributed by atoms with E-state index in [-0.39, 0.29) is 40.7 Å². The van der Waals surface area contributed by atoms with Crippen molar-refractivity contribution in [3.63, 3.8) is 0 Å². The quantitative estimate of drug-likeness (QED) is 0.0254. The summed E-state index contributed by atoms with van der Waals surface area (Å²) >= 11 is 0. The Labute approximate surface area is 371 Å². The van der Waals surface area contributed by atoms with E-state index in [9.17, 15) is 22.9 Å². The Balaban J connectivity index is 3.08. The number of carbonyl (C=O) groups excluding carboxylic acids is 1. The van der Waals surface area contributed by atoms with Gasteiger partial charge in [0, 0.05) is 6.42 Å². The van der Waals surface area contributed by atoms with E-state index in [1.165, 1.54) is 44.9 Å². The van der Waals surface area contributed by atoms with Gasteiger partial charge in [-0.3, -0.25) is 9.35 Å². The minimum absolute atomic E-state index is 0.224. The van der Waals surface area contributed by atoms with Crippen LogP contribution in [0.15, 0.2) is 12.2 Å². The van der Waals surface area contributed by atoms with Gasteiger partial charge in [-0.15, -0.1) is 0 Å². The van der Waals surface area contributed by atoms with Crippen LogP contribution in [0.2, 0.25) is 54.4 Å². The monoisotopic (exact) mass is 925 g/mol. The SMILES string of the molecule is CCCCCCCCC=CCCCCCCCC(=O)OCC(O)COC1O[C@H](CS(=O)(=O)O)[C@@H](O[Si](C)(C)C(C)(C)C)[C@H](O[Si](C)(C)C(C)(C)C)[C@H]1O[Si](C)(C)C(C)(C)C. The van der Waals surface area contributed by atoms with E-state index < -0.39 is 77.6 Å². The molecule has 2 N–H and O–H groups in total. The lowest BCUT2D eigenvalue weighted by Gasteiger charge is -2.54. The second kappa shape index (κ2) is 25.3. The molecule has 0 aliphatic carbocycles. The number of hydrogen-bond acceptors (Lipinski definition) is 10. The highest BCUT2D eigenvalue weighted by molar-refractivity contribution is 7.85. The molecule has 1 rings (SSSR count). The molecule has 6 atom stereocenters.